The average molecular weight is 258 g/mol. The second-order valence-electron chi connectivity index (χ2n) is 4.65. The number of anilines is 1. The first-order valence-electron chi connectivity index (χ1n) is 6.44. The fourth-order valence-corrected chi connectivity index (χ4v) is 2.55. The van der Waals surface area contributed by atoms with Crippen LogP contribution in [0.4, 0.5) is 5.69 Å². The number of benzene rings is 1. The molecule has 1 amide bonds. The predicted molar refractivity (Wildman–Crippen MR) is 73.7 cm³/mol. The van der Waals surface area contributed by atoms with Crippen LogP contribution in [0.25, 0.3) is 0 Å². The zero-order valence-electron chi connectivity index (χ0n) is 10.8. The number of carbonyl (C=O) groups is 1. The van der Waals surface area contributed by atoms with E-state index in [9.17, 15) is 4.79 Å². The van der Waals surface area contributed by atoms with Gasteiger partial charge in [0.1, 0.15) is 6.54 Å². The van der Waals surface area contributed by atoms with Gasteiger partial charge < -0.3 is 16.0 Å². The molecule has 0 aromatic heterocycles. The molecule has 5 nitrogen and oxygen atoms in total. The van der Waals surface area contributed by atoms with E-state index >= 15 is 0 Å². The van der Waals surface area contributed by atoms with Crippen LogP contribution in [0.2, 0.25) is 0 Å². The lowest BCUT2D eigenvalue weighted by atomic mass is 9.98. The first-order chi connectivity index (χ1) is 9.26. The van der Waals surface area contributed by atoms with E-state index in [2.05, 4.69) is 16.3 Å². The van der Waals surface area contributed by atoms with Crippen LogP contribution < -0.4 is 16.0 Å². The summed E-state index contributed by atoms with van der Waals surface area (Å²) in [6.45, 7) is 1.81. The van der Waals surface area contributed by atoms with E-state index in [4.69, 9.17) is 11.0 Å². The Labute approximate surface area is 113 Å². The van der Waals surface area contributed by atoms with Crippen LogP contribution in [0.3, 0.4) is 0 Å². The van der Waals surface area contributed by atoms with Crippen molar-refractivity contribution in [1.82, 2.24) is 5.32 Å². The number of nitriles is 1. The van der Waals surface area contributed by atoms with Crippen molar-refractivity contribution in [3.05, 3.63) is 29.8 Å². The van der Waals surface area contributed by atoms with Crippen LogP contribution >= 0.6 is 0 Å². The number of nitrogens with zero attached hydrogens (tertiary/aromatic N) is 2. The van der Waals surface area contributed by atoms with Crippen LogP contribution in [-0.2, 0) is 4.79 Å². The molecule has 1 aromatic rings. The Morgan fingerprint density at radius 3 is 3.05 bits per heavy atom. The minimum atomic E-state index is -0.121. The summed E-state index contributed by atoms with van der Waals surface area (Å²) in [5.74, 6) is 0.273. The van der Waals surface area contributed by atoms with Gasteiger partial charge in [-0.3, -0.25) is 4.79 Å². The summed E-state index contributed by atoms with van der Waals surface area (Å²) in [5, 5.41) is 11.0. The molecule has 100 valence electrons. The largest absolute Gasteiger partial charge is 0.361 e. The highest BCUT2D eigenvalue weighted by Gasteiger charge is 2.28. The monoisotopic (exact) mass is 258 g/mol. The van der Waals surface area contributed by atoms with Gasteiger partial charge in [-0.2, -0.15) is 5.26 Å². The quantitative estimate of drug-likeness (QED) is 0.757. The van der Waals surface area contributed by atoms with Crippen LogP contribution in [-0.4, -0.2) is 32.1 Å². The van der Waals surface area contributed by atoms with Crippen LogP contribution in [0.1, 0.15) is 17.9 Å². The Balaban J connectivity index is 2.07. The topological polar surface area (TPSA) is 82.2 Å². The Hall–Kier alpha value is -2.06. The number of amides is 1. The molecule has 19 heavy (non-hydrogen) atoms. The van der Waals surface area contributed by atoms with Crippen molar-refractivity contribution >= 4 is 11.6 Å². The molecular formula is C14H18N4O. The Kier molecular flexibility index (Phi) is 4.37. The number of fused-ring (bicyclic) bond motifs is 1. The maximum Gasteiger partial charge on any atom is 0.240 e. The molecule has 2 rings (SSSR count). The standard InChI is InChI=1S/C14H18N4O/c15-6-5-11-9-18(10-14(19)17-8-7-16)13-4-2-1-3-12(11)13/h1-4,11H,5-6,8-10,15H2,(H,17,19). The molecule has 3 N–H and O–H groups in total. The number of nitrogens with two attached hydrogens (primary N) is 1. The second-order valence-corrected chi connectivity index (χ2v) is 4.65. The first-order valence-corrected chi connectivity index (χ1v) is 6.44. The summed E-state index contributed by atoms with van der Waals surface area (Å²) in [7, 11) is 0. The zero-order chi connectivity index (χ0) is 13.7. The van der Waals surface area contributed by atoms with E-state index in [-0.39, 0.29) is 12.5 Å². The van der Waals surface area contributed by atoms with Gasteiger partial charge in [-0.15, -0.1) is 0 Å². The van der Waals surface area contributed by atoms with Crippen molar-refractivity contribution in [2.75, 3.05) is 31.1 Å². The van der Waals surface area contributed by atoms with Gasteiger partial charge in [0.2, 0.25) is 5.91 Å². The zero-order valence-corrected chi connectivity index (χ0v) is 10.8. The first kappa shape index (κ1) is 13.4. The molecule has 0 radical (unpaired) electrons. The van der Waals surface area contributed by atoms with E-state index in [0.717, 1.165) is 18.7 Å². The van der Waals surface area contributed by atoms with E-state index in [1.165, 1.54) is 5.56 Å². The maximum absolute atomic E-state index is 11.7. The van der Waals surface area contributed by atoms with E-state index < -0.39 is 0 Å². The molecule has 0 spiro atoms. The van der Waals surface area contributed by atoms with Crippen LogP contribution in [0.15, 0.2) is 24.3 Å². The molecule has 1 aromatic carbocycles. The van der Waals surface area contributed by atoms with Crippen molar-refractivity contribution in [3.8, 4) is 6.07 Å². The molecule has 5 heteroatoms. The highest BCUT2D eigenvalue weighted by atomic mass is 16.2. The number of para-hydroxylation sites is 1. The van der Waals surface area contributed by atoms with Gasteiger partial charge in [-0.05, 0) is 24.6 Å². The van der Waals surface area contributed by atoms with E-state index in [1.807, 2.05) is 24.3 Å². The summed E-state index contributed by atoms with van der Waals surface area (Å²) in [4.78, 5) is 13.8. The fraction of sp³-hybridized carbons (Fsp3) is 0.429. The number of nitrogens with one attached hydrogen (secondary N) is 1. The van der Waals surface area contributed by atoms with Crippen molar-refractivity contribution in [2.24, 2.45) is 5.73 Å². The minimum absolute atomic E-state index is 0.0561. The Morgan fingerprint density at radius 2 is 2.32 bits per heavy atom. The molecule has 1 aliphatic rings. The molecule has 0 fully saturated rings. The average Bonchev–Trinajstić information content (AvgIpc) is 2.76. The number of rotatable bonds is 5. The third-order valence-electron chi connectivity index (χ3n) is 3.37. The fourth-order valence-electron chi connectivity index (χ4n) is 2.55. The SMILES string of the molecule is N#CCNC(=O)CN1CC(CCN)c2ccccc21. The van der Waals surface area contributed by atoms with Crippen LogP contribution in [0.5, 0.6) is 0 Å². The van der Waals surface area contributed by atoms with Crippen molar-refractivity contribution < 1.29 is 4.79 Å². The van der Waals surface area contributed by atoms with E-state index in [0.29, 0.717) is 19.0 Å². The predicted octanol–water partition coefficient (Wildman–Crippen LogP) is 0.579. The normalized spacial score (nSPS) is 16.8. The molecule has 0 aliphatic carbocycles. The summed E-state index contributed by atoms with van der Waals surface area (Å²) in [6, 6.07) is 10.0. The molecule has 1 aliphatic heterocycles. The molecule has 1 unspecified atom stereocenters. The molecular weight excluding hydrogens is 240 g/mol. The van der Waals surface area contributed by atoms with Gasteiger partial charge >= 0.3 is 0 Å². The minimum Gasteiger partial charge on any atom is -0.361 e. The molecule has 1 atom stereocenters. The van der Waals surface area contributed by atoms with Gasteiger partial charge in [-0.1, -0.05) is 18.2 Å². The Bertz CT molecular complexity index is 494. The third-order valence-corrected chi connectivity index (χ3v) is 3.37. The van der Waals surface area contributed by atoms with Crippen LogP contribution in [0, 0.1) is 11.3 Å². The number of carbonyl (C=O) groups excluding carboxylic acids is 1. The second kappa shape index (κ2) is 6.21. The third kappa shape index (κ3) is 3.04. The molecule has 0 saturated heterocycles. The summed E-state index contributed by atoms with van der Waals surface area (Å²) >= 11 is 0. The summed E-state index contributed by atoms with van der Waals surface area (Å²) < 4.78 is 0. The van der Waals surface area contributed by atoms with Gasteiger partial charge in [-0.25, -0.2) is 0 Å². The lowest BCUT2D eigenvalue weighted by Gasteiger charge is -2.18. The highest BCUT2D eigenvalue weighted by Crippen LogP contribution is 2.37. The molecule has 1 heterocycles. The van der Waals surface area contributed by atoms with Gasteiger partial charge in [0.15, 0.2) is 0 Å². The van der Waals surface area contributed by atoms with Crippen molar-refractivity contribution in [3.63, 3.8) is 0 Å². The molecule has 0 saturated carbocycles. The van der Waals surface area contributed by atoms with Crippen molar-refractivity contribution in [2.45, 2.75) is 12.3 Å². The van der Waals surface area contributed by atoms with E-state index in [1.54, 1.807) is 0 Å². The number of hydrogen-bond acceptors (Lipinski definition) is 4. The molecule has 0 bridgehead atoms. The highest BCUT2D eigenvalue weighted by molar-refractivity contribution is 5.82. The number of hydrogen-bond donors (Lipinski definition) is 2. The lowest BCUT2D eigenvalue weighted by Crippen LogP contribution is -2.37. The summed E-state index contributed by atoms with van der Waals surface area (Å²) in [6.07, 6.45) is 0.924. The van der Waals surface area contributed by atoms with Crippen molar-refractivity contribution in [1.29, 1.82) is 5.26 Å². The summed E-state index contributed by atoms with van der Waals surface area (Å²) in [5.41, 5.74) is 8.01. The Morgan fingerprint density at radius 1 is 1.53 bits per heavy atom. The smallest absolute Gasteiger partial charge is 0.240 e. The van der Waals surface area contributed by atoms with Gasteiger partial charge in [0.25, 0.3) is 0 Å². The maximum atomic E-state index is 11.7. The van der Waals surface area contributed by atoms with Gasteiger partial charge in [0, 0.05) is 18.2 Å². The lowest BCUT2D eigenvalue weighted by molar-refractivity contribution is -0.119. The van der Waals surface area contributed by atoms with Gasteiger partial charge in [0.05, 0.1) is 12.6 Å².